The predicted octanol–water partition coefficient (Wildman–Crippen LogP) is 5.97. The number of hydrogen-bond acceptors (Lipinski definition) is 6. The number of rotatable bonds is 8. The van der Waals surface area contributed by atoms with Crippen molar-refractivity contribution in [2.24, 2.45) is 9.98 Å². The normalized spacial score (nSPS) is 13.2. The van der Waals surface area contributed by atoms with Crippen LogP contribution in [-0.4, -0.2) is 67.8 Å². The first-order valence-electron chi connectivity index (χ1n) is 16.3. The van der Waals surface area contributed by atoms with Crippen LogP contribution in [-0.2, 0) is 0 Å². The Bertz CT molecular complexity index is 2020. The second kappa shape index (κ2) is 12.2. The zero-order chi connectivity index (χ0) is 33.7. The van der Waals surface area contributed by atoms with Crippen molar-refractivity contribution in [3.63, 3.8) is 0 Å². The van der Waals surface area contributed by atoms with Crippen molar-refractivity contribution < 1.29 is 0 Å². The van der Waals surface area contributed by atoms with E-state index in [1.165, 1.54) is 0 Å². The molecule has 5 aromatic carbocycles. The largest absolute Gasteiger partial charge is 0.378 e. The van der Waals surface area contributed by atoms with Gasteiger partial charge in [0.2, 0.25) is 0 Å². The van der Waals surface area contributed by atoms with Crippen molar-refractivity contribution in [2.75, 3.05) is 76.0 Å². The summed E-state index contributed by atoms with van der Waals surface area (Å²) in [5.74, 6) is 0. The van der Waals surface area contributed by atoms with Crippen molar-refractivity contribution in [2.45, 2.75) is 0 Å². The van der Waals surface area contributed by atoms with Gasteiger partial charge < -0.3 is 19.6 Å². The Balaban J connectivity index is 1.48. The summed E-state index contributed by atoms with van der Waals surface area (Å²) < 4.78 is 0. The van der Waals surface area contributed by atoms with Gasteiger partial charge in [0, 0.05) is 123 Å². The monoisotopic (exact) mass is 630 g/mol. The van der Waals surface area contributed by atoms with E-state index in [1.807, 2.05) is 0 Å². The minimum absolute atomic E-state index is 0.982. The van der Waals surface area contributed by atoms with Gasteiger partial charge in [0.1, 0.15) is 0 Å². The second-order valence-corrected chi connectivity index (χ2v) is 13.3. The molecule has 0 unspecified atom stereocenters. The highest BCUT2D eigenvalue weighted by atomic mass is 15.1. The Hall–Kier alpha value is -5.62. The van der Waals surface area contributed by atoms with Crippen molar-refractivity contribution in [3.8, 4) is 0 Å². The van der Waals surface area contributed by atoms with Gasteiger partial charge in [-0.3, -0.25) is 0 Å². The summed E-state index contributed by atoms with van der Waals surface area (Å²) >= 11 is 0. The van der Waals surface area contributed by atoms with Crippen LogP contribution in [0.25, 0.3) is 11.4 Å². The lowest BCUT2D eigenvalue weighted by Crippen LogP contribution is -2.24. The van der Waals surface area contributed by atoms with Gasteiger partial charge in [-0.2, -0.15) is 0 Å². The number of hydrogen-bond donors (Lipinski definition) is 0. The SMILES string of the molecule is CN(C)c1ccc(C2=NC(c3ccc(N(C)C)cc3)=c3cc4c(cc32)=C(c2ccc(N(C)C)cc2)N=C4c2ccc(N(C)C)cc2)cc1. The second-order valence-electron chi connectivity index (χ2n) is 13.3. The van der Waals surface area contributed by atoms with Crippen molar-refractivity contribution in [3.05, 3.63) is 153 Å². The Morgan fingerprint density at radius 1 is 0.333 bits per heavy atom. The third-order valence-electron chi connectivity index (χ3n) is 9.25. The molecular weight excluding hydrogens is 589 g/mol. The number of fused-ring (bicyclic) bond motifs is 2. The molecule has 6 heteroatoms. The van der Waals surface area contributed by atoms with E-state index >= 15 is 0 Å². The Morgan fingerprint density at radius 2 is 0.583 bits per heavy atom. The highest BCUT2D eigenvalue weighted by Crippen LogP contribution is 2.29. The molecule has 0 radical (unpaired) electrons. The van der Waals surface area contributed by atoms with Crippen LogP contribution < -0.4 is 30.0 Å². The van der Waals surface area contributed by atoms with E-state index in [9.17, 15) is 0 Å². The fourth-order valence-electron chi connectivity index (χ4n) is 6.40. The number of anilines is 4. The first-order chi connectivity index (χ1) is 23.1. The van der Waals surface area contributed by atoms with Crippen LogP contribution >= 0.6 is 0 Å². The van der Waals surface area contributed by atoms with Crippen LogP contribution in [0.2, 0.25) is 0 Å². The summed E-state index contributed by atoms with van der Waals surface area (Å²) in [6.45, 7) is 0. The summed E-state index contributed by atoms with van der Waals surface area (Å²) in [5.41, 5.74) is 15.2. The van der Waals surface area contributed by atoms with Crippen LogP contribution in [0.1, 0.15) is 33.4 Å². The average molecular weight is 631 g/mol. The Kier molecular flexibility index (Phi) is 7.88. The van der Waals surface area contributed by atoms with Crippen molar-refractivity contribution >= 4 is 45.6 Å². The molecule has 48 heavy (non-hydrogen) atoms. The van der Waals surface area contributed by atoms with Crippen molar-refractivity contribution in [1.29, 1.82) is 0 Å². The lowest BCUT2D eigenvalue weighted by molar-refractivity contribution is 1.13. The van der Waals surface area contributed by atoms with E-state index in [1.54, 1.807) is 0 Å². The minimum Gasteiger partial charge on any atom is -0.378 e. The third kappa shape index (κ3) is 5.53. The summed E-state index contributed by atoms with van der Waals surface area (Å²) in [6.07, 6.45) is 0. The number of aliphatic imine (C=N–C) groups is 2. The number of benzene rings is 5. The number of nitrogens with zero attached hydrogens (tertiary/aromatic N) is 6. The van der Waals surface area contributed by atoms with Crippen LogP contribution in [0.3, 0.4) is 0 Å². The van der Waals surface area contributed by atoms with E-state index in [-0.39, 0.29) is 0 Å². The van der Waals surface area contributed by atoms with E-state index in [4.69, 9.17) is 9.98 Å². The van der Waals surface area contributed by atoms with Crippen LogP contribution in [0, 0.1) is 0 Å². The molecule has 6 nitrogen and oxygen atoms in total. The molecule has 0 bridgehead atoms. The van der Waals surface area contributed by atoms with Gasteiger partial charge >= 0.3 is 0 Å². The van der Waals surface area contributed by atoms with E-state index in [2.05, 4.69) is 185 Å². The summed E-state index contributed by atoms with van der Waals surface area (Å²) in [6, 6.07) is 39.4. The van der Waals surface area contributed by atoms with Crippen LogP contribution in [0.15, 0.2) is 119 Å². The van der Waals surface area contributed by atoms with Gasteiger partial charge in [0.25, 0.3) is 0 Å². The fourth-order valence-corrected chi connectivity index (χ4v) is 6.40. The van der Waals surface area contributed by atoms with E-state index in [0.717, 1.165) is 89.4 Å². The Labute approximate surface area is 283 Å². The molecule has 0 fully saturated rings. The van der Waals surface area contributed by atoms with Gasteiger partial charge in [0.15, 0.2) is 0 Å². The van der Waals surface area contributed by atoms with Gasteiger partial charge in [-0.1, -0.05) is 48.5 Å². The topological polar surface area (TPSA) is 37.7 Å². The molecule has 0 saturated heterocycles. The molecule has 0 aromatic heterocycles. The maximum atomic E-state index is 5.39. The molecular formula is C42H42N6. The molecule has 2 heterocycles. The standard InChI is InChI=1S/C42H42N6/c1-45(2)31-17-9-27(10-18-31)39-35-25-37-38(26-36(35)40(43-39)28-11-19-32(20-12-28)46(3)4)42(30-15-23-34(24-16-30)48(7)8)44-41(37)29-13-21-33(22-14-29)47(5)6/h9-26H,1-8H3. The summed E-state index contributed by atoms with van der Waals surface area (Å²) in [5, 5.41) is 2.25. The summed E-state index contributed by atoms with van der Waals surface area (Å²) in [7, 11) is 16.5. The highest BCUT2D eigenvalue weighted by Gasteiger charge is 2.26. The molecule has 7 rings (SSSR count). The van der Waals surface area contributed by atoms with Gasteiger partial charge in [-0.15, -0.1) is 0 Å². The molecule has 5 aromatic rings. The molecule has 0 amide bonds. The molecule has 2 aliphatic heterocycles. The lowest BCUT2D eigenvalue weighted by atomic mass is 9.94. The summed E-state index contributed by atoms with van der Waals surface area (Å²) in [4.78, 5) is 19.3. The zero-order valence-electron chi connectivity index (χ0n) is 29.1. The molecule has 0 saturated carbocycles. The fraction of sp³-hybridized carbons (Fsp3) is 0.190. The molecule has 0 N–H and O–H groups in total. The van der Waals surface area contributed by atoms with Crippen LogP contribution in [0.4, 0.5) is 22.7 Å². The maximum absolute atomic E-state index is 5.39. The van der Waals surface area contributed by atoms with Gasteiger partial charge in [-0.25, -0.2) is 9.98 Å². The maximum Gasteiger partial charge on any atom is 0.0789 e. The highest BCUT2D eigenvalue weighted by molar-refractivity contribution is 6.21. The molecule has 2 aliphatic rings. The van der Waals surface area contributed by atoms with Crippen molar-refractivity contribution in [1.82, 2.24) is 0 Å². The molecule has 240 valence electrons. The molecule has 0 spiro atoms. The molecule has 0 aliphatic carbocycles. The Morgan fingerprint density at radius 3 is 0.833 bits per heavy atom. The smallest absolute Gasteiger partial charge is 0.0789 e. The van der Waals surface area contributed by atoms with Crippen LogP contribution in [0.5, 0.6) is 0 Å². The van der Waals surface area contributed by atoms with E-state index < -0.39 is 0 Å². The lowest BCUT2D eigenvalue weighted by Gasteiger charge is -2.13. The minimum atomic E-state index is 0.982. The first-order valence-corrected chi connectivity index (χ1v) is 16.3. The quantitative estimate of drug-likeness (QED) is 0.212. The third-order valence-corrected chi connectivity index (χ3v) is 9.25. The van der Waals surface area contributed by atoms with Gasteiger partial charge in [0.05, 0.1) is 22.8 Å². The first kappa shape index (κ1) is 31.0. The van der Waals surface area contributed by atoms with E-state index in [0.29, 0.717) is 0 Å². The molecule has 0 atom stereocenters. The predicted molar refractivity (Wildman–Crippen MR) is 205 cm³/mol. The van der Waals surface area contributed by atoms with Gasteiger partial charge in [-0.05, 0) is 60.7 Å². The average Bonchev–Trinajstić information content (AvgIpc) is 3.66. The zero-order valence-corrected chi connectivity index (χ0v) is 29.1.